The molecule has 0 heterocycles. The first-order valence-corrected chi connectivity index (χ1v) is 4.94. The Morgan fingerprint density at radius 2 is 2.33 bits per heavy atom. The number of hydrogen-bond donors (Lipinski definition) is 2. The topological polar surface area (TPSA) is 50.4 Å². The molecule has 82 valence electrons. The van der Waals surface area contributed by atoms with Gasteiger partial charge in [-0.05, 0) is 25.2 Å². The predicted molar refractivity (Wildman–Crippen MR) is 60.3 cm³/mol. The van der Waals surface area contributed by atoms with E-state index in [0.29, 0.717) is 23.9 Å². The average Bonchev–Trinajstić information content (AvgIpc) is 2.18. The zero-order chi connectivity index (χ0) is 11.1. The van der Waals surface area contributed by atoms with Crippen LogP contribution in [0.15, 0.2) is 24.3 Å². The third-order valence-corrected chi connectivity index (χ3v) is 1.89. The van der Waals surface area contributed by atoms with Gasteiger partial charge in [0, 0.05) is 17.3 Å². The van der Waals surface area contributed by atoms with E-state index in [1.54, 1.807) is 31.3 Å². The molecule has 0 aliphatic carbocycles. The predicted octanol–water partition coefficient (Wildman–Crippen LogP) is 2.11. The second kappa shape index (κ2) is 6.27. The molecule has 0 atom stereocenters. The number of anilines is 1. The molecule has 0 fully saturated rings. The zero-order valence-electron chi connectivity index (χ0n) is 8.42. The van der Waals surface area contributed by atoms with Crippen molar-refractivity contribution in [2.24, 2.45) is 0 Å². The van der Waals surface area contributed by atoms with Crippen molar-refractivity contribution in [2.45, 2.75) is 0 Å². The molecule has 0 aromatic heterocycles. The van der Waals surface area contributed by atoms with Gasteiger partial charge in [0.05, 0.1) is 0 Å². The standard InChI is InChI=1S/C10H13ClN2O2/c1-12-5-6-15-10(14)13-9-4-2-3-8(11)7-9/h2-4,7,12H,5-6H2,1H3,(H,13,14). The molecule has 0 aliphatic rings. The number of likely N-dealkylation sites (N-methyl/N-ethyl adjacent to an activating group) is 1. The average molecular weight is 229 g/mol. The van der Waals surface area contributed by atoms with Gasteiger partial charge in [-0.25, -0.2) is 4.79 Å². The SMILES string of the molecule is CNCCOC(=O)Nc1cccc(Cl)c1. The first-order chi connectivity index (χ1) is 7.22. The second-order valence-corrected chi connectivity index (χ2v) is 3.31. The monoisotopic (exact) mass is 228 g/mol. The van der Waals surface area contributed by atoms with Crippen molar-refractivity contribution in [3.05, 3.63) is 29.3 Å². The number of ether oxygens (including phenoxy) is 1. The molecule has 1 aromatic rings. The lowest BCUT2D eigenvalue weighted by Crippen LogP contribution is -2.20. The maximum Gasteiger partial charge on any atom is 0.411 e. The van der Waals surface area contributed by atoms with E-state index >= 15 is 0 Å². The molecule has 2 N–H and O–H groups in total. The third-order valence-electron chi connectivity index (χ3n) is 1.66. The number of carbonyl (C=O) groups is 1. The molecule has 4 nitrogen and oxygen atoms in total. The highest BCUT2D eigenvalue weighted by Crippen LogP contribution is 2.14. The minimum Gasteiger partial charge on any atom is -0.448 e. The van der Waals surface area contributed by atoms with E-state index in [1.165, 1.54) is 0 Å². The fourth-order valence-corrected chi connectivity index (χ4v) is 1.16. The Hall–Kier alpha value is -1.26. The van der Waals surface area contributed by atoms with Crippen LogP contribution < -0.4 is 10.6 Å². The molecule has 0 unspecified atom stereocenters. The highest BCUT2D eigenvalue weighted by atomic mass is 35.5. The van der Waals surface area contributed by atoms with E-state index in [0.717, 1.165) is 0 Å². The minimum absolute atomic E-state index is 0.336. The molecule has 1 aromatic carbocycles. The van der Waals surface area contributed by atoms with Crippen molar-refractivity contribution in [3.8, 4) is 0 Å². The van der Waals surface area contributed by atoms with Crippen LogP contribution in [0.25, 0.3) is 0 Å². The molecule has 0 radical (unpaired) electrons. The summed E-state index contributed by atoms with van der Waals surface area (Å²) in [6.07, 6.45) is -0.479. The Bertz CT molecular complexity index is 331. The molecule has 0 bridgehead atoms. The van der Waals surface area contributed by atoms with E-state index in [2.05, 4.69) is 10.6 Å². The number of nitrogens with one attached hydrogen (secondary N) is 2. The number of benzene rings is 1. The van der Waals surface area contributed by atoms with Crippen LogP contribution >= 0.6 is 11.6 Å². The Labute approximate surface area is 93.6 Å². The lowest BCUT2D eigenvalue weighted by molar-refractivity contribution is 0.163. The van der Waals surface area contributed by atoms with Crippen LogP contribution in [0.1, 0.15) is 0 Å². The van der Waals surface area contributed by atoms with E-state index in [9.17, 15) is 4.79 Å². The second-order valence-electron chi connectivity index (χ2n) is 2.87. The summed E-state index contributed by atoms with van der Waals surface area (Å²) in [5.74, 6) is 0. The van der Waals surface area contributed by atoms with Gasteiger partial charge < -0.3 is 10.1 Å². The number of hydrogen-bond acceptors (Lipinski definition) is 3. The summed E-state index contributed by atoms with van der Waals surface area (Å²) in [6.45, 7) is 0.964. The van der Waals surface area contributed by atoms with E-state index in [1.807, 2.05) is 0 Å². The van der Waals surface area contributed by atoms with Gasteiger partial charge in [0.15, 0.2) is 0 Å². The van der Waals surface area contributed by atoms with Crippen molar-refractivity contribution in [1.29, 1.82) is 0 Å². The number of halogens is 1. The molecule has 15 heavy (non-hydrogen) atoms. The van der Waals surface area contributed by atoms with Crippen LogP contribution in [0, 0.1) is 0 Å². The summed E-state index contributed by atoms with van der Waals surface area (Å²) >= 11 is 5.75. The van der Waals surface area contributed by atoms with Crippen LogP contribution in [-0.2, 0) is 4.74 Å². The molecule has 1 amide bonds. The van der Waals surface area contributed by atoms with Gasteiger partial charge >= 0.3 is 6.09 Å². The summed E-state index contributed by atoms with van der Waals surface area (Å²) < 4.78 is 4.87. The normalized spacial score (nSPS) is 9.73. The fourth-order valence-electron chi connectivity index (χ4n) is 0.966. The molecule has 0 saturated heterocycles. The van der Waals surface area contributed by atoms with Gasteiger partial charge in [-0.2, -0.15) is 0 Å². The summed E-state index contributed by atoms with van der Waals surface area (Å²) in [4.78, 5) is 11.2. The van der Waals surface area contributed by atoms with Crippen molar-refractivity contribution >= 4 is 23.4 Å². The molecule has 0 spiro atoms. The van der Waals surface area contributed by atoms with Crippen molar-refractivity contribution in [1.82, 2.24) is 5.32 Å². The Kier molecular flexibility index (Phi) is 4.93. The van der Waals surface area contributed by atoms with Gasteiger partial charge in [-0.1, -0.05) is 17.7 Å². The fraction of sp³-hybridized carbons (Fsp3) is 0.300. The smallest absolute Gasteiger partial charge is 0.411 e. The maximum absolute atomic E-state index is 11.2. The van der Waals surface area contributed by atoms with Crippen LogP contribution in [0.3, 0.4) is 0 Å². The van der Waals surface area contributed by atoms with Gasteiger partial charge in [-0.3, -0.25) is 5.32 Å². The van der Waals surface area contributed by atoms with E-state index in [-0.39, 0.29) is 0 Å². The number of amides is 1. The Morgan fingerprint density at radius 3 is 3.00 bits per heavy atom. The molecular formula is C10H13ClN2O2. The van der Waals surface area contributed by atoms with Crippen molar-refractivity contribution in [3.63, 3.8) is 0 Å². The van der Waals surface area contributed by atoms with Crippen molar-refractivity contribution < 1.29 is 9.53 Å². The summed E-state index contributed by atoms with van der Waals surface area (Å²) in [6, 6.07) is 6.89. The Morgan fingerprint density at radius 1 is 1.53 bits per heavy atom. The van der Waals surface area contributed by atoms with Gasteiger partial charge in [-0.15, -0.1) is 0 Å². The summed E-state index contributed by atoms with van der Waals surface area (Å²) in [5, 5.41) is 6.01. The maximum atomic E-state index is 11.2. The lowest BCUT2D eigenvalue weighted by Gasteiger charge is -2.06. The van der Waals surface area contributed by atoms with Gasteiger partial charge in [0.25, 0.3) is 0 Å². The van der Waals surface area contributed by atoms with Crippen molar-refractivity contribution in [2.75, 3.05) is 25.5 Å². The highest BCUT2D eigenvalue weighted by Gasteiger charge is 2.02. The first-order valence-electron chi connectivity index (χ1n) is 4.56. The minimum atomic E-state index is -0.479. The number of carbonyl (C=O) groups excluding carboxylic acids is 1. The lowest BCUT2D eigenvalue weighted by atomic mass is 10.3. The third kappa shape index (κ3) is 4.67. The van der Waals surface area contributed by atoms with Gasteiger partial charge in [0.2, 0.25) is 0 Å². The molecular weight excluding hydrogens is 216 g/mol. The van der Waals surface area contributed by atoms with Crippen LogP contribution in [0.4, 0.5) is 10.5 Å². The van der Waals surface area contributed by atoms with Crippen LogP contribution in [-0.4, -0.2) is 26.3 Å². The summed E-state index contributed by atoms with van der Waals surface area (Å²) in [7, 11) is 1.79. The van der Waals surface area contributed by atoms with Gasteiger partial charge in [0.1, 0.15) is 6.61 Å². The molecule has 1 rings (SSSR count). The van der Waals surface area contributed by atoms with E-state index in [4.69, 9.17) is 16.3 Å². The van der Waals surface area contributed by atoms with E-state index < -0.39 is 6.09 Å². The zero-order valence-corrected chi connectivity index (χ0v) is 9.17. The Balaban J connectivity index is 2.37. The first kappa shape index (κ1) is 11.8. The summed E-state index contributed by atoms with van der Waals surface area (Å²) in [5.41, 5.74) is 0.622. The quantitative estimate of drug-likeness (QED) is 0.776. The highest BCUT2D eigenvalue weighted by molar-refractivity contribution is 6.30. The van der Waals surface area contributed by atoms with Crippen LogP contribution in [0.5, 0.6) is 0 Å². The van der Waals surface area contributed by atoms with Crippen LogP contribution in [0.2, 0.25) is 5.02 Å². The largest absolute Gasteiger partial charge is 0.448 e. The molecule has 5 heteroatoms. The molecule has 0 aliphatic heterocycles. The molecule has 0 saturated carbocycles. The number of rotatable bonds is 4.